The number of pyridine rings is 1. The number of hydrogen-bond donors (Lipinski definition) is 1. The van der Waals surface area contributed by atoms with E-state index in [0.717, 1.165) is 10.9 Å². The number of nitrogens with zero attached hydrogens (tertiary/aromatic N) is 2. The van der Waals surface area contributed by atoms with Crippen molar-refractivity contribution in [3.63, 3.8) is 0 Å². The van der Waals surface area contributed by atoms with Crippen molar-refractivity contribution in [2.75, 3.05) is 0 Å². The van der Waals surface area contributed by atoms with Crippen LogP contribution in [0.1, 0.15) is 48.3 Å². The molecule has 2 aromatic heterocycles. The zero-order chi connectivity index (χ0) is 19.5. The van der Waals surface area contributed by atoms with Gasteiger partial charge in [-0.15, -0.1) is 0 Å². The van der Waals surface area contributed by atoms with Gasteiger partial charge in [0.15, 0.2) is 11.2 Å². The highest BCUT2D eigenvalue weighted by Gasteiger charge is 2.36. The number of carboxylic acids is 1. The van der Waals surface area contributed by atoms with E-state index in [-0.39, 0.29) is 17.0 Å². The Balaban J connectivity index is 2.06. The van der Waals surface area contributed by atoms with Gasteiger partial charge in [-0.2, -0.15) is 5.26 Å². The average molecular weight is 362 g/mol. The number of hydrogen-bond acceptors (Lipinski definition) is 4. The first-order valence-corrected chi connectivity index (χ1v) is 8.66. The Morgan fingerprint density at radius 3 is 2.70 bits per heavy atom. The number of rotatable bonds is 1. The number of carbonyl (C=O) groups is 1. The summed E-state index contributed by atoms with van der Waals surface area (Å²) < 4.78 is 7.87. The summed E-state index contributed by atoms with van der Waals surface area (Å²) in [6, 6.07) is 8.70. The third-order valence-electron chi connectivity index (χ3n) is 5.20. The van der Waals surface area contributed by atoms with E-state index in [1.54, 1.807) is 12.1 Å². The van der Waals surface area contributed by atoms with Crippen LogP contribution in [0.25, 0.3) is 22.4 Å². The van der Waals surface area contributed by atoms with Gasteiger partial charge in [0.05, 0.1) is 17.3 Å². The highest BCUT2D eigenvalue weighted by molar-refractivity contribution is 5.90. The average Bonchev–Trinajstić information content (AvgIpc) is 2.97. The lowest BCUT2D eigenvalue weighted by Crippen LogP contribution is -2.32. The van der Waals surface area contributed by atoms with Crippen LogP contribution in [-0.4, -0.2) is 15.6 Å². The molecular formula is C21H18N2O4. The van der Waals surface area contributed by atoms with Gasteiger partial charge in [0.2, 0.25) is 0 Å². The van der Waals surface area contributed by atoms with Crippen LogP contribution in [0.3, 0.4) is 0 Å². The Labute approximate surface area is 155 Å². The third kappa shape index (κ3) is 2.55. The van der Waals surface area contributed by atoms with Crippen LogP contribution in [-0.2, 0) is 6.42 Å². The van der Waals surface area contributed by atoms with Crippen molar-refractivity contribution in [1.82, 2.24) is 4.57 Å². The zero-order valence-corrected chi connectivity index (χ0v) is 15.2. The van der Waals surface area contributed by atoms with Crippen molar-refractivity contribution in [2.45, 2.75) is 33.2 Å². The van der Waals surface area contributed by atoms with E-state index in [1.807, 2.05) is 10.6 Å². The van der Waals surface area contributed by atoms with Crippen LogP contribution < -0.4 is 5.43 Å². The van der Waals surface area contributed by atoms with Gasteiger partial charge in [0.1, 0.15) is 11.1 Å². The minimum atomic E-state index is -1.24. The molecule has 3 heterocycles. The van der Waals surface area contributed by atoms with Crippen LogP contribution in [0.5, 0.6) is 0 Å². The first kappa shape index (κ1) is 17.1. The molecule has 6 heteroatoms. The van der Waals surface area contributed by atoms with Gasteiger partial charge in [0.25, 0.3) is 0 Å². The summed E-state index contributed by atoms with van der Waals surface area (Å²) in [4.78, 5) is 23.8. The maximum absolute atomic E-state index is 12.3. The molecule has 1 aliphatic rings. The van der Waals surface area contributed by atoms with Crippen molar-refractivity contribution in [1.29, 1.82) is 5.26 Å². The van der Waals surface area contributed by atoms with Crippen LogP contribution in [0.4, 0.5) is 0 Å². The molecule has 0 saturated carbocycles. The summed E-state index contributed by atoms with van der Waals surface area (Å²) in [7, 11) is 0. The zero-order valence-electron chi connectivity index (χ0n) is 15.2. The fourth-order valence-corrected chi connectivity index (χ4v) is 3.79. The largest absolute Gasteiger partial charge is 0.477 e. The maximum Gasteiger partial charge on any atom is 0.341 e. The number of benzene rings is 1. The summed E-state index contributed by atoms with van der Waals surface area (Å²) in [6.07, 6.45) is 2.07. The molecule has 6 nitrogen and oxygen atoms in total. The smallest absolute Gasteiger partial charge is 0.341 e. The normalized spacial score (nSPS) is 15.9. The topological polar surface area (TPSA) is 96.2 Å². The van der Waals surface area contributed by atoms with E-state index < -0.39 is 11.4 Å². The minimum Gasteiger partial charge on any atom is -0.477 e. The molecular weight excluding hydrogens is 344 g/mol. The van der Waals surface area contributed by atoms with Gasteiger partial charge in [-0.3, -0.25) is 4.79 Å². The number of furan rings is 1. The molecule has 1 N–H and O–H groups in total. The molecule has 0 saturated heterocycles. The molecule has 1 aliphatic heterocycles. The second-order valence-corrected chi connectivity index (χ2v) is 7.97. The van der Waals surface area contributed by atoms with E-state index in [2.05, 4.69) is 26.8 Å². The molecule has 0 radical (unpaired) electrons. The summed E-state index contributed by atoms with van der Waals surface area (Å²) in [5, 5.41) is 19.4. The molecule has 0 aliphatic carbocycles. The van der Waals surface area contributed by atoms with Crippen molar-refractivity contribution in [3.8, 4) is 17.5 Å². The van der Waals surface area contributed by atoms with Gasteiger partial charge in [-0.1, -0.05) is 20.8 Å². The predicted octanol–water partition coefficient (Wildman–Crippen LogP) is 3.97. The molecule has 0 fully saturated rings. The fraction of sp³-hybridized carbons (Fsp3) is 0.286. The molecule has 3 aromatic rings. The van der Waals surface area contributed by atoms with Crippen LogP contribution in [0.15, 0.2) is 39.7 Å². The first-order valence-electron chi connectivity index (χ1n) is 8.66. The van der Waals surface area contributed by atoms with E-state index >= 15 is 0 Å². The lowest BCUT2D eigenvalue weighted by molar-refractivity contribution is 0.0693. The lowest BCUT2D eigenvalue weighted by Gasteiger charge is -2.37. The summed E-state index contributed by atoms with van der Waals surface area (Å²) in [6.45, 7) is 6.25. The molecule has 0 bridgehead atoms. The van der Waals surface area contributed by atoms with Gasteiger partial charge >= 0.3 is 5.97 Å². The predicted molar refractivity (Wildman–Crippen MR) is 99.8 cm³/mol. The summed E-state index contributed by atoms with van der Waals surface area (Å²) in [5.41, 5.74) is 1.67. The lowest BCUT2D eigenvalue weighted by atomic mass is 9.80. The Morgan fingerprint density at radius 2 is 2.07 bits per heavy atom. The summed E-state index contributed by atoms with van der Waals surface area (Å²) >= 11 is 0. The van der Waals surface area contributed by atoms with Gasteiger partial charge in [-0.25, -0.2) is 4.79 Å². The third-order valence-corrected chi connectivity index (χ3v) is 5.20. The Morgan fingerprint density at radius 1 is 1.33 bits per heavy atom. The molecule has 0 amide bonds. The van der Waals surface area contributed by atoms with Crippen LogP contribution in [0, 0.1) is 16.7 Å². The second-order valence-electron chi connectivity index (χ2n) is 7.97. The molecule has 136 valence electrons. The monoisotopic (exact) mass is 362 g/mol. The molecule has 27 heavy (non-hydrogen) atoms. The fourth-order valence-electron chi connectivity index (χ4n) is 3.79. The van der Waals surface area contributed by atoms with E-state index in [9.17, 15) is 14.7 Å². The quantitative estimate of drug-likeness (QED) is 0.706. The number of fused-ring (bicyclic) bond motifs is 5. The number of aromatic nitrogens is 1. The highest BCUT2D eigenvalue weighted by Crippen LogP contribution is 2.45. The van der Waals surface area contributed by atoms with Gasteiger partial charge in [-0.05, 0) is 30.0 Å². The van der Waals surface area contributed by atoms with Gasteiger partial charge in [0, 0.05) is 29.3 Å². The standard InChI is InChI=1S/C21H18N2O4/c1-21(2,3)18-7-13-12-5-4-11(9-22)6-17(12)27-19(13)15-8-16(24)14(20(25)26)10-23(15)18/h4-6,8,10,18H,7H2,1-3H3,(H,25,26)/t18-/m0/s1. The maximum atomic E-state index is 12.3. The SMILES string of the molecule is CC(C)(C)[C@@H]1Cc2c(oc3cc(C#N)ccc23)-c2cc(=O)c(C(=O)O)cn21. The molecule has 0 unspecified atom stereocenters. The van der Waals surface area contributed by atoms with Crippen LogP contribution in [0.2, 0.25) is 0 Å². The minimum absolute atomic E-state index is 0.0462. The Kier molecular flexibility index (Phi) is 3.54. The first-order chi connectivity index (χ1) is 12.7. The molecule has 1 atom stereocenters. The van der Waals surface area contributed by atoms with Crippen molar-refractivity contribution in [3.05, 3.63) is 57.4 Å². The van der Waals surface area contributed by atoms with Gasteiger partial charge < -0.3 is 14.1 Å². The highest BCUT2D eigenvalue weighted by atomic mass is 16.4. The Bertz CT molecular complexity index is 1200. The van der Waals surface area contributed by atoms with E-state index in [0.29, 0.717) is 29.0 Å². The second kappa shape index (κ2) is 5.58. The number of aromatic carboxylic acids is 1. The number of carboxylic acid groups (broad SMARTS) is 1. The molecule has 4 rings (SSSR count). The van der Waals surface area contributed by atoms with E-state index in [4.69, 9.17) is 9.68 Å². The van der Waals surface area contributed by atoms with E-state index in [1.165, 1.54) is 12.3 Å². The van der Waals surface area contributed by atoms with Crippen molar-refractivity contribution in [2.24, 2.45) is 5.41 Å². The molecule has 0 spiro atoms. The number of nitriles is 1. The summed E-state index contributed by atoms with van der Waals surface area (Å²) in [5.74, 6) is -0.674. The molecule has 1 aromatic carbocycles. The van der Waals surface area contributed by atoms with Crippen LogP contribution >= 0.6 is 0 Å². The van der Waals surface area contributed by atoms with Crippen molar-refractivity contribution < 1.29 is 14.3 Å². The van der Waals surface area contributed by atoms with Crippen molar-refractivity contribution >= 4 is 16.9 Å². The Hall–Kier alpha value is -3.33.